The quantitative estimate of drug-likeness (QED) is 0.327. The molecule has 2 heterocycles. The summed E-state index contributed by atoms with van der Waals surface area (Å²) in [5.74, 6) is -5.43. The third-order valence-electron chi connectivity index (χ3n) is 4.33. The summed E-state index contributed by atoms with van der Waals surface area (Å²) in [5, 5.41) is 49.6. The van der Waals surface area contributed by atoms with Crippen molar-refractivity contribution in [1.82, 2.24) is 5.32 Å². The minimum Gasteiger partial charge on any atom is -0.503 e. The summed E-state index contributed by atoms with van der Waals surface area (Å²) in [4.78, 5) is 24.3. The number of fused-ring (bicyclic) bond motifs is 1. The normalized spacial score (nSPS) is 27.7. The second-order valence-electron chi connectivity index (χ2n) is 6.11. The maximum atomic E-state index is 13.8. The number of phenols is 1. The predicted octanol–water partition coefficient (Wildman–Crippen LogP) is -1.69. The van der Waals surface area contributed by atoms with Crippen molar-refractivity contribution < 1.29 is 48.3 Å². The summed E-state index contributed by atoms with van der Waals surface area (Å²) in [5.41, 5.74) is -2.85. The molecule has 6 N–H and O–H groups in total. The first-order valence-electron chi connectivity index (χ1n) is 7.92. The van der Waals surface area contributed by atoms with Crippen LogP contribution in [0.3, 0.4) is 0 Å². The van der Waals surface area contributed by atoms with Gasteiger partial charge in [0.05, 0.1) is 6.61 Å². The molecule has 0 radical (unpaired) electrons. The molecule has 0 bridgehead atoms. The topological polar surface area (TPSA) is 170 Å². The highest BCUT2D eigenvalue weighted by atomic mass is 19.1. The number of rotatable bonds is 3. The molecule has 12 heteroatoms. The average molecular weight is 403 g/mol. The van der Waals surface area contributed by atoms with Crippen molar-refractivity contribution in [2.45, 2.75) is 30.6 Å². The van der Waals surface area contributed by atoms with Gasteiger partial charge in [0.15, 0.2) is 23.4 Å². The van der Waals surface area contributed by atoms with Gasteiger partial charge in [0.25, 0.3) is 5.91 Å². The first kappa shape index (κ1) is 20.1. The highest BCUT2D eigenvalue weighted by Crippen LogP contribution is 2.28. The van der Waals surface area contributed by atoms with Crippen LogP contribution in [0.4, 0.5) is 8.78 Å². The van der Waals surface area contributed by atoms with Gasteiger partial charge in [-0.25, -0.2) is 9.18 Å². The summed E-state index contributed by atoms with van der Waals surface area (Å²) < 4.78 is 36.8. The Labute approximate surface area is 154 Å². The number of carbonyl (C=O) groups excluding carboxylic acids is 1. The van der Waals surface area contributed by atoms with E-state index in [1.807, 2.05) is 0 Å². The molecule has 152 valence electrons. The van der Waals surface area contributed by atoms with Crippen LogP contribution in [-0.4, -0.2) is 68.7 Å². The Kier molecular flexibility index (Phi) is 5.32. The van der Waals surface area contributed by atoms with Crippen molar-refractivity contribution in [3.05, 3.63) is 39.8 Å². The fraction of sp³-hybridized carbons (Fsp3) is 0.375. The van der Waals surface area contributed by atoms with Crippen molar-refractivity contribution in [3.8, 4) is 5.75 Å². The summed E-state index contributed by atoms with van der Waals surface area (Å²) >= 11 is 0. The van der Waals surface area contributed by atoms with Crippen LogP contribution in [0, 0.1) is 11.6 Å². The van der Waals surface area contributed by atoms with E-state index in [1.54, 1.807) is 0 Å². The van der Waals surface area contributed by atoms with Gasteiger partial charge in [-0.1, -0.05) is 0 Å². The fourth-order valence-electron chi connectivity index (χ4n) is 2.82. The summed E-state index contributed by atoms with van der Waals surface area (Å²) in [7, 11) is 0. The van der Waals surface area contributed by atoms with E-state index < -0.39 is 77.3 Å². The summed E-state index contributed by atoms with van der Waals surface area (Å²) in [6, 6.07) is -0.165. The summed E-state index contributed by atoms with van der Waals surface area (Å²) in [6.45, 7) is -0.714. The van der Waals surface area contributed by atoms with E-state index in [0.717, 1.165) is 6.07 Å². The van der Waals surface area contributed by atoms with E-state index in [2.05, 4.69) is 9.73 Å². The van der Waals surface area contributed by atoms with E-state index in [0.29, 0.717) is 6.07 Å². The Bertz CT molecular complexity index is 979. The minimum atomic E-state index is -1.83. The van der Waals surface area contributed by atoms with Gasteiger partial charge in [0, 0.05) is 5.39 Å². The average Bonchev–Trinajstić information content (AvgIpc) is 2.66. The first-order valence-corrected chi connectivity index (χ1v) is 7.92. The van der Waals surface area contributed by atoms with Crippen molar-refractivity contribution in [2.24, 2.45) is 0 Å². The number of nitrogens with one attached hydrogen (secondary N) is 1. The molecule has 0 spiro atoms. The molecule has 10 nitrogen and oxygen atoms in total. The highest BCUT2D eigenvalue weighted by molar-refractivity contribution is 5.97. The van der Waals surface area contributed by atoms with Crippen molar-refractivity contribution in [2.75, 3.05) is 6.61 Å². The SMILES string of the molecule is O=C(N[C@@H]1C(O)OC(CO)[C@@H](O)C1O)c1cc2cc(F)c(O)c(F)c2oc1=O. The van der Waals surface area contributed by atoms with Crippen LogP contribution in [0.2, 0.25) is 0 Å². The van der Waals surface area contributed by atoms with E-state index >= 15 is 0 Å². The molecule has 1 aromatic heterocycles. The molecule has 1 aromatic carbocycles. The smallest absolute Gasteiger partial charge is 0.349 e. The molecule has 0 saturated carbocycles. The molecule has 28 heavy (non-hydrogen) atoms. The monoisotopic (exact) mass is 403 g/mol. The zero-order chi connectivity index (χ0) is 20.7. The molecule has 1 aliphatic heterocycles. The Morgan fingerprint density at radius 1 is 1.18 bits per heavy atom. The number of hydrogen-bond acceptors (Lipinski definition) is 9. The van der Waals surface area contributed by atoms with Gasteiger partial charge in [-0.2, -0.15) is 4.39 Å². The van der Waals surface area contributed by atoms with Gasteiger partial charge < -0.3 is 40.0 Å². The maximum Gasteiger partial charge on any atom is 0.349 e. The lowest BCUT2D eigenvalue weighted by Gasteiger charge is -2.40. The van der Waals surface area contributed by atoms with Crippen LogP contribution >= 0.6 is 0 Å². The Balaban J connectivity index is 1.92. The Morgan fingerprint density at radius 3 is 2.50 bits per heavy atom. The lowest BCUT2D eigenvalue weighted by Crippen LogP contribution is -2.64. The highest BCUT2D eigenvalue weighted by Gasteiger charge is 2.44. The molecule has 0 aliphatic carbocycles. The van der Waals surface area contributed by atoms with Gasteiger partial charge in [-0.3, -0.25) is 4.79 Å². The molecule has 1 saturated heterocycles. The number of ether oxygens (including phenoxy) is 1. The van der Waals surface area contributed by atoms with Crippen LogP contribution in [0.15, 0.2) is 21.3 Å². The third kappa shape index (κ3) is 3.31. The van der Waals surface area contributed by atoms with Gasteiger partial charge in [0.1, 0.15) is 29.9 Å². The number of phenolic OH excluding ortho intramolecular Hbond substituents is 1. The second-order valence-corrected chi connectivity index (χ2v) is 6.11. The lowest BCUT2D eigenvalue weighted by atomic mass is 9.97. The molecule has 5 atom stereocenters. The van der Waals surface area contributed by atoms with E-state index in [4.69, 9.17) is 9.84 Å². The molecule has 1 fully saturated rings. The van der Waals surface area contributed by atoms with Crippen LogP contribution in [-0.2, 0) is 4.74 Å². The number of amides is 1. The predicted molar refractivity (Wildman–Crippen MR) is 85.3 cm³/mol. The fourth-order valence-corrected chi connectivity index (χ4v) is 2.82. The van der Waals surface area contributed by atoms with E-state index in [1.165, 1.54) is 0 Å². The van der Waals surface area contributed by atoms with Gasteiger partial charge in [-0.05, 0) is 12.1 Å². The number of aromatic hydroxyl groups is 1. The van der Waals surface area contributed by atoms with Crippen molar-refractivity contribution in [1.29, 1.82) is 0 Å². The van der Waals surface area contributed by atoms with Gasteiger partial charge in [-0.15, -0.1) is 0 Å². The first-order chi connectivity index (χ1) is 13.1. The molecular weight excluding hydrogens is 388 g/mol. The number of aliphatic hydroxyl groups excluding tert-OH is 4. The standard InChI is InChI=1S/C16H15F2NO9/c17-6-2-4-1-5(15(25)28-13(4)8(18)10(6)21)14(24)19-9-12(23)11(22)7(3-20)27-16(9)26/h1-2,7,9,11-12,16,20-23,26H,3H2,(H,19,24)/t7?,9-,11+,12?,16?/m0/s1. The van der Waals surface area contributed by atoms with Crippen LogP contribution < -0.4 is 10.9 Å². The second kappa shape index (κ2) is 7.41. The van der Waals surface area contributed by atoms with Gasteiger partial charge in [0.2, 0.25) is 5.82 Å². The number of benzene rings is 1. The Hall–Kier alpha value is -2.64. The molecule has 3 unspecified atom stereocenters. The zero-order valence-corrected chi connectivity index (χ0v) is 13.9. The van der Waals surface area contributed by atoms with Gasteiger partial charge >= 0.3 is 5.63 Å². The van der Waals surface area contributed by atoms with Crippen LogP contribution in [0.5, 0.6) is 5.75 Å². The number of halogens is 2. The van der Waals surface area contributed by atoms with E-state index in [9.17, 15) is 38.8 Å². The maximum absolute atomic E-state index is 13.8. The number of carbonyl (C=O) groups is 1. The molecular formula is C16H15F2NO9. The Morgan fingerprint density at radius 2 is 1.86 bits per heavy atom. The largest absolute Gasteiger partial charge is 0.503 e. The zero-order valence-electron chi connectivity index (χ0n) is 13.9. The third-order valence-corrected chi connectivity index (χ3v) is 4.33. The van der Waals surface area contributed by atoms with Crippen LogP contribution in [0.25, 0.3) is 11.0 Å². The minimum absolute atomic E-state index is 0.348. The van der Waals surface area contributed by atoms with Crippen molar-refractivity contribution >= 4 is 16.9 Å². The molecule has 1 amide bonds. The molecule has 2 aromatic rings. The summed E-state index contributed by atoms with van der Waals surface area (Å²) in [6.07, 6.45) is -6.55. The lowest BCUT2D eigenvalue weighted by molar-refractivity contribution is -0.252. The van der Waals surface area contributed by atoms with Crippen LogP contribution in [0.1, 0.15) is 10.4 Å². The molecule has 3 rings (SSSR count). The van der Waals surface area contributed by atoms with Crippen molar-refractivity contribution in [3.63, 3.8) is 0 Å². The number of hydrogen-bond donors (Lipinski definition) is 6. The number of aliphatic hydroxyl groups is 4. The molecule has 1 aliphatic rings. The van der Waals surface area contributed by atoms with E-state index in [-0.39, 0.29) is 5.39 Å².